The summed E-state index contributed by atoms with van der Waals surface area (Å²) >= 11 is 5.70. The van der Waals surface area contributed by atoms with E-state index in [1.165, 1.54) is 12.1 Å². The zero-order valence-electron chi connectivity index (χ0n) is 6.74. The Labute approximate surface area is 79.5 Å². The van der Waals surface area contributed by atoms with E-state index in [4.69, 9.17) is 16.9 Å². The van der Waals surface area contributed by atoms with Gasteiger partial charge in [-0.25, -0.2) is 0 Å². The van der Waals surface area contributed by atoms with Gasteiger partial charge in [0.2, 0.25) is 0 Å². The fourth-order valence-electron chi connectivity index (χ4n) is 0.907. The number of nitrogens with zero attached hydrogens (tertiary/aromatic N) is 2. The van der Waals surface area contributed by atoms with Gasteiger partial charge in [0.15, 0.2) is 0 Å². The van der Waals surface area contributed by atoms with Gasteiger partial charge in [0.1, 0.15) is 11.6 Å². The molecule has 1 aromatic carbocycles. The molecular formula is C8H5ClN2O2. The molecule has 4 nitrogen and oxygen atoms in total. The Morgan fingerprint density at radius 1 is 1.62 bits per heavy atom. The minimum absolute atomic E-state index is 0.0133. The minimum atomic E-state index is -0.595. The van der Waals surface area contributed by atoms with Crippen LogP contribution in [0, 0.1) is 28.4 Å². The zero-order chi connectivity index (χ0) is 10.0. The standard InChI is InChI=1S/C8H5ClN2O2/c1-5-2-8(11(12)13)6(4-10)3-7(5)9/h2-3H,1H3. The van der Waals surface area contributed by atoms with Gasteiger partial charge in [-0.3, -0.25) is 10.1 Å². The molecule has 0 atom stereocenters. The van der Waals surface area contributed by atoms with E-state index in [2.05, 4.69) is 0 Å². The Morgan fingerprint density at radius 3 is 2.69 bits per heavy atom. The Bertz CT molecular complexity index is 409. The number of rotatable bonds is 1. The fraction of sp³-hybridized carbons (Fsp3) is 0.125. The first-order valence-corrected chi connectivity index (χ1v) is 3.78. The van der Waals surface area contributed by atoms with Crippen molar-refractivity contribution in [1.82, 2.24) is 0 Å². The number of hydrogen-bond donors (Lipinski definition) is 0. The van der Waals surface area contributed by atoms with Crippen molar-refractivity contribution in [2.75, 3.05) is 0 Å². The normalized spacial score (nSPS) is 9.31. The van der Waals surface area contributed by atoms with E-state index in [-0.39, 0.29) is 11.3 Å². The third-order valence-corrected chi connectivity index (χ3v) is 2.00. The summed E-state index contributed by atoms with van der Waals surface area (Å²) < 4.78 is 0. The second-order valence-corrected chi connectivity index (χ2v) is 2.89. The molecule has 0 aromatic heterocycles. The number of hydrogen-bond acceptors (Lipinski definition) is 3. The van der Waals surface area contributed by atoms with Gasteiger partial charge in [0.25, 0.3) is 5.69 Å². The van der Waals surface area contributed by atoms with Crippen LogP contribution in [0.25, 0.3) is 0 Å². The Morgan fingerprint density at radius 2 is 2.23 bits per heavy atom. The van der Waals surface area contributed by atoms with Gasteiger partial charge in [-0.2, -0.15) is 5.26 Å². The van der Waals surface area contributed by atoms with Gasteiger partial charge in [-0.1, -0.05) is 11.6 Å². The predicted octanol–water partition coefficient (Wildman–Crippen LogP) is 2.43. The average molecular weight is 197 g/mol. The summed E-state index contributed by atoms with van der Waals surface area (Å²) in [7, 11) is 0. The molecule has 1 rings (SSSR count). The van der Waals surface area contributed by atoms with Crippen LogP contribution < -0.4 is 0 Å². The van der Waals surface area contributed by atoms with E-state index in [1.807, 2.05) is 0 Å². The lowest BCUT2D eigenvalue weighted by Gasteiger charge is -1.98. The van der Waals surface area contributed by atoms with Crippen molar-refractivity contribution in [3.05, 3.63) is 38.4 Å². The summed E-state index contributed by atoms with van der Waals surface area (Å²) in [5.74, 6) is 0. The zero-order valence-corrected chi connectivity index (χ0v) is 7.50. The molecule has 13 heavy (non-hydrogen) atoms. The number of nitro groups is 1. The Hall–Kier alpha value is -1.60. The highest BCUT2D eigenvalue weighted by Crippen LogP contribution is 2.25. The van der Waals surface area contributed by atoms with Crippen molar-refractivity contribution in [1.29, 1.82) is 5.26 Å². The molecule has 0 radical (unpaired) electrons. The Balaban J connectivity index is 3.44. The summed E-state index contributed by atoms with van der Waals surface area (Å²) in [4.78, 5) is 9.86. The van der Waals surface area contributed by atoms with Crippen molar-refractivity contribution in [2.45, 2.75) is 6.92 Å². The minimum Gasteiger partial charge on any atom is -0.258 e. The highest BCUT2D eigenvalue weighted by atomic mass is 35.5. The van der Waals surface area contributed by atoms with Crippen LogP contribution in [-0.2, 0) is 0 Å². The van der Waals surface area contributed by atoms with Crippen LogP contribution in [0.3, 0.4) is 0 Å². The SMILES string of the molecule is Cc1cc([N+](=O)[O-])c(C#N)cc1Cl. The second kappa shape index (κ2) is 3.42. The summed E-state index contributed by atoms with van der Waals surface area (Å²) in [6.45, 7) is 1.65. The molecule has 0 fully saturated rings. The first kappa shape index (κ1) is 9.49. The number of nitriles is 1. The second-order valence-electron chi connectivity index (χ2n) is 2.49. The van der Waals surface area contributed by atoms with Crippen molar-refractivity contribution in [3.63, 3.8) is 0 Å². The number of aryl methyl sites for hydroxylation is 1. The van der Waals surface area contributed by atoms with Crippen LogP contribution in [-0.4, -0.2) is 4.92 Å². The van der Waals surface area contributed by atoms with Crippen molar-refractivity contribution >= 4 is 17.3 Å². The maximum absolute atomic E-state index is 10.5. The summed E-state index contributed by atoms with van der Waals surface area (Å²) in [5, 5.41) is 19.4. The van der Waals surface area contributed by atoms with Crippen LogP contribution in [0.4, 0.5) is 5.69 Å². The topological polar surface area (TPSA) is 66.9 Å². The average Bonchev–Trinajstić information content (AvgIpc) is 2.08. The van der Waals surface area contributed by atoms with Gasteiger partial charge >= 0.3 is 0 Å². The molecule has 0 N–H and O–H groups in total. The van der Waals surface area contributed by atoms with Crippen LogP contribution in [0.2, 0.25) is 5.02 Å². The number of nitro benzene ring substituents is 1. The fourth-order valence-corrected chi connectivity index (χ4v) is 1.07. The molecule has 0 aliphatic carbocycles. The first-order chi connectivity index (χ1) is 6.06. The van der Waals surface area contributed by atoms with E-state index < -0.39 is 4.92 Å². The van der Waals surface area contributed by atoms with Gasteiger partial charge < -0.3 is 0 Å². The predicted molar refractivity (Wildman–Crippen MR) is 47.6 cm³/mol. The van der Waals surface area contributed by atoms with Gasteiger partial charge in [0.05, 0.1) is 4.92 Å². The van der Waals surface area contributed by atoms with Crippen LogP contribution in [0.1, 0.15) is 11.1 Å². The molecule has 0 heterocycles. The van der Waals surface area contributed by atoms with E-state index in [1.54, 1.807) is 13.0 Å². The van der Waals surface area contributed by atoms with Gasteiger partial charge in [0, 0.05) is 11.1 Å². The summed E-state index contributed by atoms with van der Waals surface area (Å²) in [5.41, 5.74) is 0.373. The molecule has 0 bridgehead atoms. The smallest absolute Gasteiger partial charge is 0.258 e. The third-order valence-electron chi connectivity index (χ3n) is 1.59. The van der Waals surface area contributed by atoms with Gasteiger partial charge in [-0.05, 0) is 18.6 Å². The van der Waals surface area contributed by atoms with Crippen LogP contribution in [0.15, 0.2) is 12.1 Å². The van der Waals surface area contributed by atoms with Crippen LogP contribution >= 0.6 is 11.6 Å². The summed E-state index contributed by atoms with van der Waals surface area (Å²) in [6, 6.07) is 4.31. The van der Waals surface area contributed by atoms with E-state index in [9.17, 15) is 10.1 Å². The molecule has 0 amide bonds. The quantitative estimate of drug-likeness (QED) is 0.512. The molecule has 0 aliphatic rings. The van der Waals surface area contributed by atoms with Gasteiger partial charge in [-0.15, -0.1) is 0 Å². The molecular weight excluding hydrogens is 192 g/mol. The maximum Gasteiger partial charge on any atom is 0.287 e. The Kier molecular flexibility index (Phi) is 2.49. The highest BCUT2D eigenvalue weighted by Gasteiger charge is 2.15. The summed E-state index contributed by atoms with van der Waals surface area (Å²) in [6.07, 6.45) is 0. The largest absolute Gasteiger partial charge is 0.287 e. The first-order valence-electron chi connectivity index (χ1n) is 3.41. The van der Waals surface area contributed by atoms with E-state index in [0.29, 0.717) is 10.6 Å². The van der Waals surface area contributed by atoms with Crippen molar-refractivity contribution < 1.29 is 4.92 Å². The number of halogens is 1. The number of benzene rings is 1. The molecule has 0 saturated heterocycles. The lowest BCUT2D eigenvalue weighted by Crippen LogP contribution is -1.93. The molecule has 0 saturated carbocycles. The molecule has 1 aromatic rings. The van der Waals surface area contributed by atoms with E-state index in [0.717, 1.165) is 0 Å². The van der Waals surface area contributed by atoms with E-state index >= 15 is 0 Å². The molecule has 0 spiro atoms. The lowest BCUT2D eigenvalue weighted by atomic mass is 10.1. The van der Waals surface area contributed by atoms with Crippen LogP contribution in [0.5, 0.6) is 0 Å². The molecule has 0 unspecified atom stereocenters. The monoisotopic (exact) mass is 196 g/mol. The molecule has 66 valence electrons. The highest BCUT2D eigenvalue weighted by molar-refractivity contribution is 6.31. The molecule has 0 aliphatic heterocycles. The maximum atomic E-state index is 10.5. The third kappa shape index (κ3) is 1.76. The molecule has 5 heteroatoms. The lowest BCUT2D eigenvalue weighted by molar-refractivity contribution is -0.385. The van der Waals surface area contributed by atoms with Crippen molar-refractivity contribution in [2.24, 2.45) is 0 Å². The van der Waals surface area contributed by atoms with Crippen molar-refractivity contribution in [3.8, 4) is 6.07 Å².